The highest BCUT2D eigenvalue weighted by atomic mass is 32.2. The zero-order chi connectivity index (χ0) is 22.4. The third-order valence-corrected chi connectivity index (χ3v) is 7.47. The number of hydrogen-bond acceptors (Lipinski definition) is 7. The molecule has 2 atom stereocenters. The molecule has 4 aromatic rings. The lowest BCUT2D eigenvalue weighted by atomic mass is 9.82. The fourth-order valence-corrected chi connectivity index (χ4v) is 5.27. The van der Waals surface area contributed by atoms with E-state index in [0.717, 1.165) is 12.3 Å². The third-order valence-electron chi connectivity index (χ3n) is 5.16. The first-order chi connectivity index (χ1) is 14.6. The number of aromatic nitrogens is 4. The van der Waals surface area contributed by atoms with Crippen molar-refractivity contribution in [1.29, 1.82) is 0 Å². The van der Waals surface area contributed by atoms with Gasteiger partial charge in [0.05, 0.1) is 26.7 Å². The van der Waals surface area contributed by atoms with Gasteiger partial charge >= 0.3 is 0 Å². The lowest BCUT2D eigenvalue weighted by molar-refractivity contribution is -0.0112. The summed E-state index contributed by atoms with van der Waals surface area (Å²) in [6.07, 6.45) is 3.79. The number of sulfone groups is 1. The molecule has 0 fully saturated rings. The normalized spacial score (nSPS) is 15.1. The molecule has 4 rings (SSSR count). The number of benzene rings is 2. The van der Waals surface area contributed by atoms with Crippen molar-refractivity contribution in [2.45, 2.75) is 29.9 Å². The second-order valence-electron chi connectivity index (χ2n) is 7.32. The van der Waals surface area contributed by atoms with Gasteiger partial charge in [0.1, 0.15) is 29.9 Å². The maximum Gasteiger partial charge on any atom is 0.175 e. The molecule has 0 amide bonds. The van der Waals surface area contributed by atoms with Gasteiger partial charge in [-0.25, -0.2) is 31.8 Å². The van der Waals surface area contributed by atoms with Crippen molar-refractivity contribution in [3.05, 3.63) is 71.3 Å². The van der Waals surface area contributed by atoms with E-state index >= 15 is 0 Å². The summed E-state index contributed by atoms with van der Waals surface area (Å²) < 4.78 is 53.9. The van der Waals surface area contributed by atoms with E-state index < -0.39 is 33.0 Å². The number of thiazole rings is 1. The van der Waals surface area contributed by atoms with Crippen molar-refractivity contribution in [2.75, 3.05) is 6.26 Å². The van der Waals surface area contributed by atoms with Crippen molar-refractivity contribution in [3.8, 4) is 0 Å². The van der Waals surface area contributed by atoms with Crippen LogP contribution in [0.5, 0.6) is 0 Å². The minimum Gasteiger partial charge on any atom is -0.382 e. The minimum atomic E-state index is -3.39. The highest BCUT2D eigenvalue weighted by molar-refractivity contribution is 7.90. The fourth-order valence-electron chi connectivity index (χ4n) is 3.40. The quantitative estimate of drug-likeness (QED) is 0.470. The Labute approximate surface area is 180 Å². The average molecular weight is 465 g/mol. The van der Waals surface area contributed by atoms with E-state index in [1.54, 1.807) is 13.0 Å². The molecule has 0 aliphatic rings. The molecule has 2 heterocycles. The van der Waals surface area contributed by atoms with Crippen LogP contribution in [0.4, 0.5) is 8.78 Å². The largest absolute Gasteiger partial charge is 0.382 e. The molecule has 2 unspecified atom stereocenters. The van der Waals surface area contributed by atoms with E-state index in [0.29, 0.717) is 21.3 Å². The Bertz CT molecular complexity index is 1360. The molecule has 0 saturated carbocycles. The molecule has 162 valence electrons. The van der Waals surface area contributed by atoms with Crippen LogP contribution in [0.1, 0.15) is 23.4 Å². The van der Waals surface area contributed by atoms with Gasteiger partial charge in [-0.1, -0.05) is 13.0 Å². The Balaban J connectivity index is 1.83. The van der Waals surface area contributed by atoms with E-state index in [2.05, 4.69) is 15.1 Å². The standard InChI is InChI=1S/C20H18F2N4O3S2/c1-12(19-25-17-6-4-14(31(2,28)29)8-18(17)30-19)20(27,9-26-11-23-10-24-26)15-5-3-13(21)7-16(15)22/h3-8,10-12,27H,9H2,1-2H3. The molecular weight excluding hydrogens is 446 g/mol. The predicted molar refractivity (Wildman–Crippen MR) is 111 cm³/mol. The van der Waals surface area contributed by atoms with Crippen LogP contribution in [-0.4, -0.2) is 39.5 Å². The number of halogens is 2. The van der Waals surface area contributed by atoms with Crippen molar-refractivity contribution in [2.24, 2.45) is 0 Å². The molecule has 2 aromatic carbocycles. The van der Waals surface area contributed by atoms with Crippen molar-refractivity contribution < 1.29 is 22.3 Å². The van der Waals surface area contributed by atoms with Crippen LogP contribution >= 0.6 is 11.3 Å². The van der Waals surface area contributed by atoms with Crippen LogP contribution in [0.2, 0.25) is 0 Å². The second-order valence-corrected chi connectivity index (χ2v) is 10.4. The summed E-state index contributed by atoms with van der Waals surface area (Å²) in [6, 6.07) is 7.57. The van der Waals surface area contributed by atoms with Crippen molar-refractivity contribution in [1.82, 2.24) is 19.7 Å². The van der Waals surface area contributed by atoms with Gasteiger partial charge in [0, 0.05) is 23.8 Å². The van der Waals surface area contributed by atoms with Gasteiger partial charge in [0.25, 0.3) is 0 Å². The van der Waals surface area contributed by atoms with Crippen LogP contribution < -0.4 is 0 Å². The first kappa shape index (κ1) is 21.5. The molecule has 0 aliphatic heterocycles. The molecule has 11 heteroatoms. The molecule has 1 N–H and O–H groups in total. The number of nitrogens with zero attached hydrogens (tertiary/aromatic N) is 4. The van der Waals surface area contributed by atoms with Crippen LogP contribution in [0, 0.1) is 11.6 Å². The first-order valence-corrected chi connectivity index (χ1v) is 11.9. The average Bonchev–Trinajstić information content (AvgIpc) is 3.35. The summed E-state index contributed by atoms with van der Waals surface area (Å²) in [7, 11) is -3.39. The van der Waals surface area contributed by atoms with Crippen LogP contribution in [0.3, 0.4) is 0 Å². The lowest BCUT2D eigenvalue weighted by Crippen LogP contribution is -2.38. The van der Waals surface area contributed by atoms with Crippen LogP contribution in [0.15, 0.2) is 53.9 Å². The monoisotopic (exact) mass is 464 g/mol. The second kappa shape index (κ2) is 7.74. The predicted octanol–water partition coefficient (Wildman–Crippen LogP) is 3.26. The molecule has 31 heavy (non-hydrogen) atoms. The summed E-state index contributed by atoms with van der Waals surface area (Å²) in [5, 5.41) is 16.1. The molecule has 0 spiro atoms. The minimum absolute atomic E-state index is 0.104. The summed E-state index contributed by atoms with van der Waals surface area (Å²) in [6.45, 7) is 1.52. The van der Waals surface area contributed by atoms with Gasteiger partial charge in [-0.2, -0.15) is 5.10 Å². The van der Waals surface area contributed by atoms with Crippen LogP contribution in [0.25, 0.3) is 10.2 Å². The van der Waals surface area contributed by atoms with E-state index in [1.165, 1.54) is 46.9 Å². The van der Waals surface area contributed by atoms with Crippen molar-refractivity contribution in [3.63, 3.8) is 0 Å². The van der Waals surface area contributed by atoms with Gasteiger partial charge < -0.3 is 5.11 Å². The number of rotatable bonds is 6. The molecular formula is C20H18F2N4O3S2. The van der Waals surface area contributed by atoms with Crippen LogP contribution in [-0.2, 0) is 22.0 Å². The maximum atomic E-state index is 14.7. The Hall–Kier alpha value is -2.76. The Morgan fingerprint density at radius 1 is 1.23 bits per heavy atom. The number of fused-ring (bicyclic) bond motifs is 1. The SMILES string of the molecule is CC(c1nc2ccc(S(C)(=O)=O)cc2s1)C(O)(Cn1cncn1)c1ccc(F)cc1F. The van der Waals surface area contributed by atoms with Gasteiger partial charge in [0.2, 0.25) is 0 Å². The van der Waals surface area contributed by atoms with Gasteiger partial charge in [-0.15, -0.1) is 11.3 Å². The first-order valence-electron chi connectivity index (χ1n) is 9.19. The van der Waals surface area contributed by atoms with E-state index in [4.69, 9.17) is 0 Å². The molecule has 0 aliphatic carbocycles. The Morgan fingerprint density at radius 3 is 2.65 bits per heavy atom. The Morgan fingerprint density at radius 2 is 2.00 bits per heavy atom. The lowest BCUT2D eigenvalue weighted by Gasteiger charge is -2.33. The summed E-state index contributed by atoms with van der Waals surface area (Å²) in [4.78, 5) is 8.54. The summed E-state index contributed by atoms with van der Waals surface area (Å²) in [5.41, 5.74) is -1.38. The Kier molecular flexibility index (Phi) is 5.36. The molecule has 2 aromatic heterocycles. The molecule has 0 radical (unpaired) electrons. The maximum absolute atomic E-state index is 14.7. The molecule has 0 saturated heterocycles. The number of aliphatic hydroxyl groups is 1. The van der Waals surface area contributed by atoms with E-state index in [9.17, 15) is 22.3 Å². The van der Waals surface area contributed by atoms with E-state index in [-0.39, 0.29) is 17.0 Å². The van der Waals surface area contributed by atoms with Gasteiger partial charge in [-0.3, -0.25) is 0 Å². The molecule has 7 nitrogen and oxygen atoms in total. The highest BCUT2D eigenvalue weighted by Gasteiger charge is 2.41. The summed E-state index contributed by atoms with van der Waals surface area (Å²) in [5.74, 6) is -2.39. The molecule has 0 bridgehead atoms. The zero-order valence-corrected chi connectivity index (χ0v) is 18.2. The topological polar surface area (TPSA) is 98.0 Å². The van der Waals surface area contributed by atoms with E-state index in [1.807, 2.05) is 0 Å². The van der Waals surface area contributed by atoms with Crippen molar-refractivity contribution >= 4 is 31.4 Å². The number of hydrogen-bond donors (Lipinski definition) is 1. The smallest absolute Gasteiger partial charge is 0.175 e. The summed E-state index contributed by atoms with van der Waals surface area (Å²) >= 11 is 1.20. The fraction of sp³-hybridized carbons (Fsp3) is 0.250. The third kappa shape index (κ3) is 4.08. The van der Waals surface area contributed by atoms with Gasteiger partial charge in [0.15, 0.2) is 9.84 Å². The van der Waals surface area contributed by atoms with Gasteiger partial charge in [-0.05, 0) is 24.3 Å². The highest BCUT2D eigenvalue weighted by Crippen LogP contribution is 2.42. The zero-order valence-electron chi connectivity index (χ0n) is 16.5.